The van der Waals surface area contributed by atoms with Crippen molar-refractivity contribution in [1.29, 1.82) is 5.41 Å². The molecule has 4 N–H and O–H groups in total. The van der Waals surface area contributed by atoms with E-state index in [0.717, 1.165) is 33.6 Å². The Morgan fingerprint density at radius 1 is 1.36 bits per heavy atom. The van der Waals surface area contributed by atoms with E-state index >= 15 is 0 Å². The summed E-state index contributed by atoms with van der Waals surface area (Å²) in [5, 5.41) is 17.3. The maximum Gasteiger partial charge on any atom is 0.229 e. The molecule has 116 valence electrons. The van der Waals surface area contributed by atoms with Crippen molar-refractivity contribution in [2.24, 2.45) is 0 Å². The lowest BCUT2D eigenvalue weighted by Gasteiger charge is -2.13. The van der Waals surface area contributed by atoms with Crippen LogP contribution in [0.4, 0.5) is 11.8 Å². The van der Waals surface area contributed by atoms with Crippen LogP contribution in [0.15, 0.2) is 41.9 Å². The second-order valence-corrected chi connectivity index (χ2v) is 5.84. The maximum atomic E-state index is 7.85. The number of nitrogens with zero attached hydrogens (tertiary/aromatic N) is 2. The predicted molar refractivity (Wildman–Crippen MR) is 99.2 cm³/mol. The van der Waals surface area contributed by atoms with E-state index in [9.17, 15) is 0 Å². The van der Waals surface area contributed by atoms with Crippen molar-refractivity contribution in [3.05, 3.63) is 45.5 Å². The van der Waals surface area contributed by atoms with Gasteiger partial charge in [0.2, 0.25) is 5.95 Å². The molecule has 2 rings (SSSR count). The van der Waals surface area contributed by atoms with E-state index in [4.69, 9.17) is 5.41 Å². The number of allylic oxidation sites excluding steroid dienone is 4. The molecule has 0 aromatic carbocycles. The lowest BCUT2D eigenvalue weighted by atomic mass is 10.0. The van der Waals surface area contributed by atoms with Gasteiger partial charge in [-0.3, -0.25) is 0 Å². The first-order valence-corrected chi connectivity index (χ1v) is 8.11. The van der Waals surface area contributed by atoms with Crippen molar-refractivity contribution >= 4 is 40.1 Å². The topological polar surface area (TPSA) is 85.7 Å². The molecule has 1 heterocycles. The highest BCUT2D eigenvalue weighted by Gasteiger charge is 2.09. The lowest BCUT2D eigenvalue weighted by Crippen LogP contribution is -2.12. The zero-order chi connectivity index (χ0) is 15.9. The quantitative estimate of drug-likeness (QED) is 0.542. The fourth-order valence-corrected chi connectivity index (χ4v) is 2.29. The van der Waals surface area contributed by atoms with E-state index in [1.807, 2.05) is 19.2 Å². The number of halogens is 1. The van der Waals surface area contributed by atoms with E-state index in [1.54, 1.807) is 18.5 Å². The molecular weight excluding hydrogens is 391 g/mol. The van der Waals surface area contributed by atoms with Gasteiger partial charge in [0.25, 0.3) is 0 Å². The van der Waals surface area contributed by atoms with Gasteiger partial charge in [-0.05, 0) is 47.2 Å². The van der Waals surface area contributed by atoms with Crippen LogP contribution in [0.25, 0.3) is 0 Å². The van der Waals surface area contributed by atoms with Gasteiger partial charge in [0.05, 0.1) is 9.28 Å². The molecule has 1 aliphatic rings. The van der Waals surface area contributed by atoms with Crippen molar-refractivity contribution in [3.8, 4) is 0 Å². The third-order valence-electron chi connectivity index (χ3n) is 2.89. The summed E-state index contributed by atoms with van der Waals surface area (Å²) < 4.78 is 0.988. The van der Waals surface area contributed by atoms with Gasteiger partial charge in [0, 0.05) is 37.3 Å². The highest BCUT2D eigenvalue weighted by molar-refractivity contribution is 14.1. The average Bonchev–Trinajstić information content (AvgIpc) is 2.51. The van der Waals surface area contributed by atoms with Gasteiger partial charge in [0.15, 0.2) is 0 Å². The largest absolute Gasteiger partial charge is 0.393 e. The summed E-state index contributed by atoms with van der Waals surface area (Å²) in [4.78, 5) is 8.79. The highest BCUT2D eigenvalue weighted by Crippen LogP contribution is 2.19. The van der Waals surface area contributed by atoms with Crippen molar-refractivity contribution in [2.45, 2.75) is 13.3 Å². The Morgan fingerprint density at radius 2 is 2.18 bits per heavy atom. The zero-order valence-corrected chi connectivity index (χ0v) is 14.7. The molecule has 1 aliphatic carbocycles. The van der Waals surface area contributed by atoms with E-state index in [0.29, 0.717) is 11.7 Å². The van der Waals surface area contributed by atoms with Gasteiger partial charge in [-0.1, -0.05) is 6.92 Å². The summed E-state index contributed by atoms with van der Waals surface area (Å²) in [7, 11) is 1.81. The van der Waals surface area contributed by atoms with Gasteiger partial charge in [0.1, 0.15) is 5.82 Å². The summed E-state index contributed by atoms with van der Waals surface area (Å²) in [6.07, 6.45) is 10.1. The first-order chi connectivity index (χ1) is 10.6. The number of hydrogen-bond donors (Lipinski definition) is 4. The summed E-state index contributed by atoms with van der Waals surface area (Å²) in [6.45, 7) is 2.99. The van der Waals surface area contributed by atoms with Gasteiger partial charge in [-0.15, -0.1) is 0 Å². The summed E-state index contributed by atoms with van der Waals surface area (Å²) in [6, 6.07) is 0. The maximum absolute atomic E-state index is 7.85. The summed E-state index contributed by atoms with van der Waals surface area (Å²) >= 11 is 2.22. The molecule has 0 radical (unpaired) electrons. The molecule has 0 saturated carbocycles. The lowest BCUT2D eigenvalue weighted by molar-refractivity contribution is 0.962. The van der Waals surface area contributed by atoms with Crippen LogP contribution < -0.4 is 16.0 Å². The number of anilines is 2. The molecular formula is C15H19IN6. The molecule has 0 aliphatic heterocycles. The van der Waals surface area contributed by atoms with Crippen molar-refractivity contribution in [1.82, 2.24) is 15.3 Å². The Kier molecular flexibility index (Phi) is 5.93. The van der Waals surface area contributed by atoms with Crippen LogP contribution in [0.5, 0.6) is 0 Å². The Balaban J connectivity index is 2.17. The number of hydrogen-bond acceptors (Lipinski definition) is 6. The first kappa shape index (κ1) is 16.5. The number of nitrogens with one attached hydrogen (secondary N) is 4. The average molecular weight is 410 g/mol. The minimum absolute atomic E-state index is 0.466. The molecule has 1 aromatic rings. The van der Waals surface area contributed by atoms with E-state index < -0.39 is 0 Å². The molecule has 1 aromatic heterocycles. The molecule has 0 spiro atoms. The molecule has 0 saturated heterocycles. The van der Waals surface area contributed by atoms with Crippen LogP contribution in [0.2, 0.25) is 0 Å². The molecule has 0 bridgehead atoms. The third kappa shape index (κ3) is 4.30. The fraction of sp³-hybridized carbons (Fsp3) is 0.267. The van der Waals surface area contributed by atoms with Crippen molar-refractivity contribution < 1.29 is 0 Å². The Morgan fingerprint density at radius 3 is 2.91 bits per heavy atom. The standard InChI is InChI=1S/C15H19IN6/c1-3-6-19-14-12(16)9-20-15(22-14)21-11-4-5-13(17)10(7-11)8-18-2/h4-5,7-9,17-18H,3,6H2,1-2H3,(H2,19,20,21,22)/b10-8-,17-13?. The van der Waals surface area contributed by atoms with Crippen LogP contribution in [-0.2, 0) is 0 Å². The smallest absolute Gasteiger partial charge is 0.229 e. The molecule has 0 amide bonds. The predicted octanol–water partition coefficient (Wildman–Crippen LogP) is 2.89. The minimum Gasteiger partial charge on any atom is -0.393 e. The fourth-order valence-electron chi connectivity index (χ4n) is 1.84. The van der Waals surface area contributed by atoms with Gasteiger partial charge in [-0.2, -0.15) is 4.98 Å². The molecule has 0 unspecified atom stereocenters. The van der Waals surface area contributed by atoms with Crippen LogP contribution in [0.3, 0.4) is 0 Å². The van der Waals surface area contributed by atoms with E-state index in [1.165, 1.54) is 0 Å². The number of rotatable bonds is 6. The zero-order valence-electron chi connectivity index (χ0n) is 12.6. The van der Waals surface area contributed by atoms with Crippen LogP contribution in [0.1, 0.15) is 13.3 Å². The Labute approximate surface area is 143 Å². The highest BCUT2D eigenvalue weighted by atomic mass is 127. The summed E-state index contributed by atoms with van der Waals surface area (Å²) in [5.41, 5.74) is 2.12. The van der Waals surface area contributed by atoms with Crippen LogP contribution in [-0.4, -0.2) is 29.3 Å². The first-order valence-electron chi connectivity index (χ1n) is 7.03. The van der Waals surface area contributed by atoms with Gasteiger partial charge >= 0.3 is 0 Å². The van der Waals surface area contributed by atoms with Crippen molar-refractivity contribution in [3.63, 3.8) is 0 Å². The van der Waals surface area contributed by atoms with E-state index in [2.05, 4.69) is 55.4 Å². The van der Waals surface area contributed by atoms with Crippen LogP contribution >= 0.6 is 22.6 Å². The second kappa shape index (κ2) is 7.92. The molecule has 6 nitrogen and oxygen atoms in total. The molecule has 7 heteroatoms. The van der Waals surface area contributed by atoms with Crippen LogP contribution in [0, 0.1) is 8.98 Å². The van der Waals surface area contributed by atoms with Gasteiger partial charge in [-0.25, -0.2) is 4.98 Å². The van der Waals surface area contributed by atoms with Crippen molar-refractivity contribution in [2.75, 3.05) is 24.2 Å². The molecule has 22 heavy (non-hydrogen) atoms. The Hall–Kier alpha value is -1.90. The second-order valence-electron chi connectivity index (χ2n) is 4.68. The summed E-state index contributed by atoms with van der Waals surface area (Å²) in [5.74, 6) is 1.37. The third-order valence-corrected chi connectivity index (χ3v) is 3.68. The van der Waals surface area contributed by atoms with E-state index in [-0.39, 0.29) is 0 Å². The molecule has 0 atom stereocenters. The number of aromatic nitrogens is 2. The normalized spacial score (nSPS) is 15.7. The monoisotopic (exact) mass is 410 g/mol. The van der Waals surface area contributed by atoms with Gasteiger partial charge < -0.3 is 21.4 Å². The molecule has 0 fully saturated rings. The SMILES string of the molecule is CCCNc1nc(NC2=C/C(=C/NC)C(=N)C=C2)ncc1I. The Bertz CT molecular complexity index is 647. The minimum atomic E-state index is 0.466.